The molecule has 0 bridgehead atoms. The topological polar surface area (TPSA) is 46.5 Å². The van der Waals surface area contributed by atoms with Crippen molar-refractivity contribution in [2.45, 2.75) is 84.2 Å². The number of aliphatic hydroxyl groups excluding tert-OH is 1. The Morgan fingerprint density at radius 2 is 2.11 bits per heavy atom. The highest BCUT2D eigenvalue weighted by Gasteiger charge is 2.40. The fourth-order valence-corrected chi connectivity index (χ4v) is 5.00. The number of aliphatic hydroxyl groups is 1. The average Bonchev–Trinajstić information content (AvgIpc) is 3.34. The normalized spacial score (nSPS) is 18.8. The summed E-state index contributed by atoms with van der Waals surface area (Å²) >= 11 is 1.52. The number of methoxy groups -OCH3 is 1. The van der Waals surface area contributed by atoms with Crippen molar-refractivity contribution in [2.75, 3.05) is 7.11 Å². The Bertz CT molecular complexity index is 662. The molecule has 1 heterocycles. The summed E-state index contributed by atoms with van der Waals surface area (Å²) in [6.45, 7) is 4.34. The number of hydrogen-bond acceptors (Lipinski definition) is 4. The fraction of sp³-hybridized carbons (Fsp3) is 0.625. The van der Waals surface area contributed by atoms with Crippen LogP contribution in [-0.4, -0.2) is 24.3 Å². The molecule has 2 aliphatic carbocycles. The summed E-state index contributed by atoms with van der Waals surface area (Å²) in [6.07, 6.45) is 18.2. The van der Waals surface area contributed by atoms with Gasteiger partial charge in [-0.2, -0.15) is 0 Å². The number of carbonyl (C=O) groups excluding carboxylic acids is 1. The number of thiophene rings is 1. The van der Waals surface area contributed by atoms with Crippen LogP contribution in [0.15, 0.2) is 35.9 Å². The van der Waals surface area contributed by atoms with Crippen molar-refractivity contribution in [3.05, 3.63) is 45.7 Å². The standard InChI is InChI=1S/C15H24O.C9H12O2S/c1-2-15(11-6-12-15)14(16)10-5-9-13-7-3-4-8-13;1-3-4-7-5-6-8(12-7)9(10)11-2/h5,7,9,14,16H,2-4,6,8,10-12H2,1H3;5-6H,3-4H2,1-2H3/b9-5+;. The van der Waals surface area contributed by atoms with Crippen molar-refractivity contribution in [1.82, 2.24) is 0 Å². The number of aryl methyl sites for hydroxylation is 1. The Morgan fingerprint density at radius 3 is 2.64 bits per heavy atom. The molecular formula is C24H36O3S. The minimum atomic E-state index is -0.234. The first-order valence-electron chi connectivity index (χ1n) is 10.7. The van der Waals surface area contributed by atoms with Gasteiger partial charge < -0.3 is 9.84 Å². The maximum Gasteiger partial charge on any atom is 0.348 e. The van der Waals surface area contributed by atoms with Gasteiger partial charge in [-0.15, -0.1) is 11.3 Å². The largest absolute Gasteiger partial charge is 0.465 e. The van der Waals surface area contributed by atoms with E-state index in [1.807, 2.05) is 12.1 Å². The van der Waals surface area contributed by atoms with Gasteiger partial charge in [-0.1, -0.05) is 50.5 Å². The van der Waals surface area contributed by atoms with E-state index in [-0.39, 0.29) is 17.5 Å². The van der Waals surface area contributed by atoms with E-state index in [0.717, 1.165) is 25.7 Å². The zero-order valence-corrected chi connectivity index (χ0v) is 18.5. The Hall–Kier alpha value is -1.39. The molecule has 1 atom stereocenters. The van der Waals surface area contributed by atoms with Gasteiger partial charge in [0.05, 0.1) is 13.2 Å². The van der Waals surface area contributed by atoms with E-state index in [4.69, 9.17) is 0 Å². The molecule has 0 amide bonds. The Morgan fingerprint density at radius 1 is 1.32 bits per heavy atom. The van der Waals surface area contributed by atoms with E-state index in [1.54, 1.807) is 0 Å². The SMILES string of the molecule is CCC1(C(O)C/C=C/C2=CCCC2)CCC1.CCCc1ccc(C(=O)OC)s1. The molecule has 4 heteroatoms. The zero-order valence-electron chi connectivity index (χ0n) is 17.7. The van der Waals surface area contributed by atoms with Gasteiger partial charge in [-0.3, -0.25) is 0 Å². The van der Waals surface area contributed by atoms with Gasteiger partial charge in [0.1, 0.15) is 4.88 Å². The summed E-state index contributed by atoms with van der Waals surface area (Å²) in [6, 6.07) is 3.81. The van der Waals surface area contributed by atoms with E-state index >= 15 is 0 Å². The molecule has 2 aliphatic rings. The van der Waals surface area contributed by atoms with E-state index in [0.29, 0.717) is 4.88 Å². The lowest BCUT2D eigenvalue weighted by molar-refractivity contribution is -0.0354. The Labute approximate surface area is 174 Å². The second kappa shape index (κ2) is 11.6. The minimum Gasteiger partial charge on any atom is -0.465 e. The second-order valence-electron chi connectivity index (χ2n) is 7.90. The molecule has 1 unspecified atom stereocenters. The number of allylic oxidation sites excluding steroid dienone is 3. The van der Waals surface area contributed by atoms with Gasteiger partial charge in [0.15, 0.2) is 0 Å². The van der Waals surface area contributed by atoms with Crippen LogP contribution >= 0.6 is 11.3 Å². The number of esters is 1. The molecule has 28 heavy (non-hydrogen) atoms. The number of rotatable bonds is 8. The van der Waals surface area contributed by atoms with E-state index in [9.17, 15) is 9.90 Å². The van der Waals surface area contributed by atoms with Gasteiger partial charge in [0.25, 0.3) is 0 Å². The van der Waals surface area contributed by atoms with Crippen LogP contribution in [0.1, 0.15) is 86.2 Å². The van der Waals surface area contributed by atoms with E-state index in [2.05, 4.69) is 36.8 Å². The highest BCUT2D eigenvalue weighted by atomic mass is 32.1. The molecule has 0 aliphatic heterocycles. The molecule has 0 saturated heterocycles. The molecule has 0 radical (unpaired) electrons. The summed E-state index contributed by atoms with van der Waals surface area (Å²) < 4.78 is 4.60. The Balaban J connectivity index is 0.000000209. The molecule has 0 aromatic carbocycles. The zero-order chi connectivity index (χ0) is 20.4. The number of ether oxygens (including phenoxy) is 1. The van der Waals surface area contributed by atoms with E-state index < -0.39 is 0 Å². The second-order valence-corrected chi connectivity index (χ2v) is 9.07. The molecule has 156 valence electrons. The van der Waals surface area contributed by atoms with Crippen LogP contribution in [0, 0.1) is 5.41 Å². The van der Waals surface area contributed by atoms with Crippen LogP contribution < -0.4 is 0 Å². The third-order valence-corrected chi connectivity index (χ3v) is 7.20. The van der Waals surface area contributed by atoms with Crippen molar-refractivity contribution in [3.8, 4) is 0 Å². The molecule has 1 N–H and O–H groups in total. The molecule has 1 aromatic heterocycles. The summed E-state index contributed by atoms with van der Waals surface area (Å²) in [4.78, 5) is 13.0. The monoisotopic (exact) mass is 404 g/mol. The van der Waals surface area contributed by atoms with Crippen LogP contribution in [0.2, 0.25) is 0 Å². The summed E-state index contributed by atoms with van der Waals surface area (Å²) in [5.41, 5.74) is 1.72. The van der Waals surface area contributed by atoms with Gasteiger partial charge in [-0.05, 0) is 68.9 Å². The number of carbonyl (C=O) groups is 1. The number of hydrogen-bond donors (Lipinski definition) is 1. The van der Waals surface area contributed by atoms with Gasteiger partial charge in [0.2, 0.25) is 0 Å². The van der Waals surface area contributed by atoms with E-state index in [1.165, 1.54) is 67.4 Å². The van der Waals surface area contributed by atoms with Crippen molar-refractivity contribution >= 4 is 17.3 Å². The summed E-state index contributed by atoms with van der Waals surface area (Å²) in [5, 5.41) is 10.2. The molecule has 1 aromatic rings. The predicted octanol–water partition coefficient (Wildman–Crippen LogP) is 6.47. The van der Waals surface area contributed by atoms with Gasteiger partial charge in [0, 0.05) is 4.88 Å². The first-order chi connectivity index (χ1) is 13.5. The molecule has 1 saturated carbocycles. The first-order valence-corrected chi connectivity index (χ1v) is 11.6. The van der Waals surface area contributed by atoms with Gasteiger partial charge >= 0.3 is 5.97 Å². The maximum absolute atomic E-state index is 11.0. The molecular weight excluding hydrogens is 368 g/mol. The van der Waals surface area contributed by atoms with Crippen molar-refractivity contribution in [1.29, 1.82) is 0 Å². The molecule has 1 fully saturated rings. The maximum atomic E-state index is 11.0. The van der Waals surface area contributed by atoms with Crippen molar-refractivity contribution in [3.63, 3.8) is 0 Å². The lowest BCUT2D eigenvalue weighted by Gasteiger charge is -2.45. The predicted molar refractivity (Wildman–Crippen MR) is 118 cm³/mol. The smallest absolute Gasteiger partial charge is 0.348 e. The third-order valence-electron chi connectivity index (χ3n) is 6.07. The minimum absolute atomic E-state index is 0.121. The molecule has 0 spiro atoms. The first kappa shape index (κ1) is 22.9. The van der Waals surface area contributed by atoms with Crippen LogP contribution in [0.5, 0.6) is 0 Å². The highest BCUT2D eigenvalue weighted by molar-refractivity contribution is 7.13. The lowest BCUT2D eigenvalue weighted by atomic mass is 9.63. The quantitative estimate of drug-likeness (QED) is 0.505. The summed E-state index contributed by atoms with van der Waals surface area (Å²) in [7, 11) is 1.40. The van der Waals surface area contributed by atoms with Crippen LogP contribution in [0.3, 0.4) is 0 Å². The van der Waals surface area contributed by atoms with Crippen molar-refractivity contribution < 1.29 is 14.6 Å². The summed E-state index contributed by atoms with van der Waals surface area (Å²) in [5.74, 6) is -0.234. The molecule has 3 rings (SSSR count). The van der Waals surface area contributed by atoms with Crippen molar-refractivity contribution in [2.24, 2.45) is 5.41 Å². The van der Waals surface area contributed by atoms with Gasteiger partial charge in [-0.25, -0.2) is 4.79 Å². The van der Waals surface area contributed by atoms with Crippen LogP contribution in [-0.2, 0) is 11.2 Å². The lowest BCUT2D eigenvalue weighted by Crippen LogP contribution is -2.40. The average molecular weight is 405 g/mol. The highest BCUT2D eigenvalue weighted by Crippen LogP contribution is 2.47. The van der Waals surface area contributed by atoms with Crippen LogP contribution in [0.4, 0.5) is 0 Å². The third kappa shape index (κ3) is 6.31. The Kier molecular flexibility index (Phi) is 9.46. The van der Waals surface area contributed by atoms with Crippen LogP contribution in [0.25, 0.3) is 0 Å². The fourth-order valence-electron chi connectivity index (χ4n) is 3.97. The molecule has 3 nitrogen and oxygen atoms in total.